The van der Waals surface area contributed by atoms with Crippen LogP contribution < -0.4 is 15.1 Å². The van der Waals surface area contributed by atoms with Crippen LogP contribution in [0.4, 0.5) is 19.0 Å². The van der Waals surface area contributed by atoms with Crippen molar-refractivity contribution >= 4 is 17.9 Å². The maximum atomic E-state index is 12.8. The van der Waals surface area contributed by atoms with E-state index < -0.39 is 11.7 Å². The average molecular weight is 543 g/mol. The van der Waals surface area contributed by atoms with Crippen LogP contribution in [0.3, 0.4) is 0 Å². The first kappa shape index (κ1) is 28.0. The molecule has 8 nitrogen and oxygen atoms in total. The SMILES string of the molecule is C=C1NN=CC(N2CCCC2)=C1C(F)(F)F.COc1cccc(C(=O)N2CCN(c3ccc(C)cn3)CC2)c1. The molecular formula is C28H33F3N6O2. The molecule has 0 aliphatic carbocycles. The molecule has 0 saturated carbocycles. The van der Waals surface area contributed by atoms with E-state index in [1.54, 1.807) is 18.1 Å². The van der Waals surface area contributed by atoms with Gasteiger partial charge < -0.3 is 19.4 Å². The van der Waals surface area contributed by atoms with Crippen LogP contribution in [0.1, 0.15) is 28.8 Å². The summed E-state index contributed by atoms with van der Waals surface area (Å²) in [4.78, 5) is 22.9. The number of nitrogens with zero attached hydrogens (tertiary/aromatic N) is 5. The van der Waals surface area contributed by atoms with Gasteiger partial charge in [0.25, 0.3) is 5.91 Å². The van der Waals surface area contributed by atoms with Gasteiger partial charge in [0.1, 0.15) is 17.1 Å². The standard InChI is InChI=1S/C18H21N3O2.C10H12F3N3/c1-14-6-7-17(19-13-14)20-8-10-21(11-9-20)18(22)15-4-3-5-16(12-15)23-2;1-7-9(10(11,12)13)8(6-14-15-7)16-4-2-3-5-16/h3-7,12-13H,8-11H2,1-2H3;6,15H,1-5H2. The maximum Gasteiger partial charge on any atom is 0.420 e. The van der Waals surface area contributed by atoms with Gasteiger partial charge in [-0.1, -0.05) is 18.7 Å². The quantitative estimate of drug-likeness (QED) is 0.619. The number of aromatic nitrogens is 1. The number of nitrogens with one attached hydrogen (secondary N) is 1. The molecule has 1 aromatic heterocycles. The fraction of sp³-hybridized carbons (Fsp3) is 0.393. The summed E-state index contributed by atoms with van der Waals surface area (Å²) < 4.78 is 43.7. The van der Waals surface area contributed by atoms with Gasteiger partial charge in [-0.3, -0.25) is 10.2 Å². The first-order valence-corrected chi connectivity index (χ1v) is 12.8. The van der Waals surface area contributed by atoms with E-state index in [9.17, 15) is 18.0 Å². The van der Waals surface area contributed by atoms with Gasteiger partial charge in [0.15, 0.2) is 0 Å². The molecule has 11 heteroatoms. The third kappa shape index (κ3) is 6.90. The third-order valence-electron chi connectivity index (χ3n) is 6.78. The molecule has 5 rings (SSSR count). The minimum absolute atomic E-state index is 0.0559. The Morgan fingerprint density at radius 3 is 2.36 bits per heavy atom. The molecule has 1 N–H and O–H groups in total. The van der Waals surface area contributed by atoms with E-state index in [1.807, 2.05) is 42.3 Å². The van der Waals surface area contributed by atoms with Crippen molar-refractivity contribution in [2.75, 3.05) is 51.3 Å². The number of amides is 1. The highest BCUT2D eigenvalue weighted by atomic mass is 19.4. The largest absolute Gasteiger partial charge is 0.497 e. The second kappa shape index (κ2) is 12.2. The van der Waals surface area contributed by atoms with Crippen LogP contribution in [-0.4, -0.2) is 79.5 Å². The molecule has 2 saturated heterocycles. The van der Waals surface area contributed by atoms with Crippen LogP contribution >= 0.6 is 0 Å². The molecule has 0 atom stereocenters. The van der Waals surface area contributed by atoms with Crippen molar-refractivity contribution in [2.24, 2.45) is 5.10 Å². The highest BCUT2D eigenvalue weighted by molar-refractivity contribution is 5.94. The number of likely N-dealkylation sites (tertiary alicyclic amines) is 1. The molecule has 3 aliphatic heterocycles. The molecule has 208 valence electrons. The van der Waals surface area contributed by atoms with E-state index in [4.69, 9.17) is 4.74 Å². The van der Waals surface area contributed by atoms with E-state index in [-0.39, 0.29) is 17.3 Å². The van der Waals surface area contributed by atoms with Crippen LogP contribution in [-0.2, 0) is 0 Å². The average Bonchev–Trinajstić information content (AvgIpc) is 3.48. The number of hydrazone groups is 1. The lowest BCUT2D eigenvalue weighted by molar-refractivity contribution is -0.0915. The van der Waals surface area contributed by atoms with Crippen molar-refractivity contribution in [1.82, 2.24) is 20.2 Å². The second-order valence-electron chi connectivity index (χ2n) is 9.51. The number of ether oxygens (including phenoxy) is 1. The highest BCUT2D eigenvalue weighted by Crippen LogP contribution is 2.35. The molecular weight excluding hydrogens is 509 g/mol. The van der Waals surface area contributed by atoms with E-state index >= 15 is 0 Å². The smallest absolute Gasteiger partial charge is 0.420 e. The van der Waals surface area contributed by atoms with Gasteiger partial charge >= 0.3 is 6.18 Å². The van der Waals surface area contributed by atoms with Crippen LogP contribution in [0.5, 0.6) is 5.75 Å². The second-order valence-corrected chi connectivity index (χ2v) is 9.51. The summed E-state index contributed by atoms with van der Waals surface area (Å²) in [5, 5.41) is 3.67. The molecule has 0 spiro atoms. The lowest BCUT2D eigenvalue weighted by Gasteiger charge is -2.35. The molecule has 3 aliphatic rings. The van der Waals surface area contributed by atoms with E-state index in [1.165, 1.54) is 6.21 Å². The number of methoxy groups -OCH3 is 1. The summed E-state index contributed by atoms with van der Waals surface area (Å²) in [6.45, 7) is 9.67. The minimum Gasteiger partial charge on any atom is -0.497 e. The number of anilines is 1. The zero-order chi connectivity index (χ0) is 28.0. The lowest BCUT2D eigenvalue weighted by Crippen LogP contribution is -2.49. The Morgan fingerprint density at radius 2 is 1.74 bits per heavy atom. The molecule has 4 heterocycles. The number of carbonyl (C=O) groups is 1. The summed E-state index contributed by atoms with van der Waals surface area (Å²) >= 11 is 0. The molecule has 2 fully saturated rings. The molecule has 0 unspecified atom stereocenters. The van der Waals surface area contributed by atoms with Crippen LogP contribution in [0, 0.1) is 6.92 Å². The predicted molar refractivity (Wildman–Crippen MR) is 145 cm³/mol. The first-order chi connectivity index (χ1) is 18.7. The fourth-order valence-electron chi connectivity index (χ4n) is 4.68. The number of allylic oxidation sites excluding steroid dienone is 2. The van der Waals surface area contributed by atoms with Crippen molar-refractivity contribution in [1.29, 1.82) is 0 Å². The molecule has 1 amide bonds. The van der Waals surface area contributed by atoms with Crippen LogP contribution in [0.25, 0.3) is 0 Å². The van der Waals surface area contributed by atoms with Gasteiger partial charge in [-0.05, 0) is 49.6 Å². The number of carbonyl (C=O) groups excluding carboxylic acids is 1. The molecule has 0 radical (unpaired) electrons. The van der Waals surface area contributed by atoms with E-state index in [0.29, 0.717) is 37.5 Å². The van der Waals surface area contributed by atoms with Gasteiger partial charge in [0, 0.05) is 51.0 Å². The Bertz CT molecular complexity index is 1230. The summed E-state index contributed by atoms with van der Waals surface area (Å²) in [5.41, 5.74) is 3.33. The number of piperazine rings is 1. The number of hydrogen-bond acceptors (Lipinski definition) is 7. The maximum absolute atomic E-state index is 12.8. The zero-order valence-corrected chi connectivity index (χ0v) is 22.2. The molecule has 1 aromatic carbocycles. The number of hydrogen-bond donors (Lipinski definition) is 1. The molecule has 0 bridgehead atoms. The Balaban J connectivity index is 0.000000193. The number of rotatable bonds is 4. The highest BCUT2D eigenvalue weighted by Gasteiger charge is 2.40. The monoisotopic (exact) mass is 542 g/mol. The third-order valence-corrected chi connectivity index (χ3v) is 6.78. The Hall–Kier alpha value is -4.02. The Morgan fingerprint density at radius 1 is 1.03 bits per heavy atom. The summed E-state index contributed by atoms with van der Waals surface area (Å²) in [5.74, 6) is 1.74. The van der Waals surface area contributed by atoms with E-state index in [0.717, 1.165) is 37.3 Å². The van der Waals surface area contributed by atoms with Gasteiger partial charge in [0.2, 0.25) is 0 Å². The summed E-state index contributed by atoms with van der Waals surface area (Å²) in [6.07, 6.45) is 0.547. The van der Waals surface area contributed by atoms with Crippen molar-refractivity contribution in [3.63, 3.8) is 0 Å². The molecule has 2 aromatic rings. The van der Waals surface area contributed by atoms with Crippen LogP contribution in [0.2, 0.25) is 0 Å². The topological polar surface area (TPSA) is 73.3 Å². The lowest BCUT2D eigenvalue weighted by atomic mass is 10.1. The number of halogens is 3. The van der Waals surface area contributed by atoms with Crippen LogP contribution in [0.15, 0.2) is 71.2 Å². The number of alkyl halides is 3. The number of pyridine rings is 1. The normalized spacial score (nSPS) is 17.6. The van der Waals surface area contributed by atoms with E-state index in [2.05, 4.69) is 33.1 Å². The fourth-order valence-corrected chi connectivity index (χ4v) is 4.68. The number of benzene rings is 1. The van der Waals surface area contributed by atoms with Gasteiger partial charge in [0.05, 0.1) is 24.7 Å². The minimum atomic E-state index is -4.39. The van der Waals surface area contributed by atoms with Crippen molar-refractivity contribution in [3.8, 4) is 5.75 Å². The predicted octanol–water partition coefficient (Wildman–Crippen LogP) is 4.36. The summed E-state index contributed by atoms with van der Waals surface area (Å²) in [6, 6.07) is 11.4. The van der Waals surface area contributed by atoms with Crippen molar-refractivity contribution in [2.45, 2.75) is 25.9 Å². The summed E-state index contributed by atoms with van der Waals surface area (Å²) in [7, 11) is 1.61. The Labute approximate surface area is 226 Å². The van der Waals surface area contributed by atoms with Gasteiger partial charge in [-0.2, -0.15) is 18.3 Å². The van der Waals surface area contributed by atoms with Crippen molar-refractivity contribution < 1.29 is 22.7 Å². The van der Waals surface area contributed by atoms with Crippen molar-refractivity contribution in [3.05, 3.63) is 77.3 Å². The Kier molecular flexibility index (Phi) is 8.78. The number of aryl methyl sites for hydroxylation is 1. The zero-order valence-electron chi connectivity index (χ0n) is 22.2. The van der Waals surface area contributed by atoms with Gasteiger partial charge in [-0.25, -0.2) is 4.98 Å². The van der Waals surface area contributed by atoms with Gasteiger partial charge in [-0.15, -0.1) is 0 Å². The molecule has 39 heavy (non-hydrogen) atoms. The first-order valence-electron chi connectivity index (χ1n) is 12.8.